The predicted octanol–water partition coefficient (Wildman–Crippen LogP) is 4.02. The molecule has 2 aromatic carbocycles. The molecule has 4 rings (SSSR count). The SMILES string of the molecule is c1ccc([C@H]2OCC[C@@H]2CNC2CCN(c3ccccc3)CC2)cc1. The first-order valence-electron chi connectivity index (χ1n) is 9.60. The number of ether oxygens (including phenoxy) is 1. The third kappa shape index (κ3) is 4.05. The van der Waals surface area contributed by atoms with Crippen LogP contribution in [0.5, 0.6) is 0 Å². The molecular formula is C22H28N2O. The Kier molecular flexibility index (Phi) is 5.34. The standard InChI is InChI=1S/C22H28N2O/c1-3-7-18(8-4-1)22-19(13-16-25-22)17-23-20-11-14-24(15-12-20)21-9-5-2-6-10-21/h1-10,19-20,22-23H,11-17H2/t19-,22-/m1/s1. The lowest BCUT2D eigenvalue weighted by molar-refractivity contribution is 0.0895. The van der Waals surface area contributed by atoms with Gasteiger partial charge in [-0.05, 0) is 37.0 Å². The summed E-state index contributed by atoms with van der Waals surface area (Å²) in [6.07, 6.45) is 3.87. The topological polar surface area (TPSA) is 24.5 Å². The van der Waals surface area contributed by atoms with E-state index >= 15 is 0 Å². The summed E-state index contributed by atoms with van der Waals surface area (Å²) in [5.74, 6) is 0.592. The van der Waals surface area contributed by atoms with E-state index < -0.39 is 0 Å². The molecule has 0 saturated carbocycles. The van der Waals surface area contributed by atoms with Crippen LogP contribution in [0.1, 0.15) is 30.9 Å². The van der Waals surface area contributed by atoms with Crippen molar-refractivity contribution in [3.63, 3.8) is 0 Å². The number of anilines is 1. The van der Waals surface area contributed by atoms with E-state index in [1.165, 1.54) is 24.1 Å². The molecule has 2 aliphatic rings. The number of hydrogen-bond acceptors (Lipinski definition) is 3. The van der Waals surface area contributed by atoms with Gasteiger partial charge in [0, 0.05) is 43.9 Å². The van der Waals surface area contributed by atoms with E-state index in [-0.39, 0.29) is 6.10 Å². The molecule has 2 aromatic rings. The van der Waals surface area contributed by atoms with E-state index in [1.807, 2.05) is 0 Å². The van der Waals surface area contributed by atoms with Crippen LogP contribution in [-0.2, 0) is 4.74 Å². The molecule has 0 amide bonds. The lowest BCUT2D eigenvalue weighted by atomic mass is 9.94. The molecule has 2 atom stereocenters. The van der Waals surface area contributed by atoms with Gasteiger partial charge in [0.1, 0.15) is 0 Å². The molecule has 0 bridgehead atoms. The summed E-state index contributed by atoms with van der Waals surface area (Å²) < 4.78 is 6.02. The van der Waals surface area contributed by atoms with E-state index in [1.54, 1.807) is 0 Å². The number of benzene rings is 2. The van der Waals surface area contributed by atoms with Crippen LogP contribution in [0, 0.1) is 5.92 Å². The Morgan fingerprint density at radius 2 is 1.56 bits per heavy atom. The van der Waals surface area contributed by atoms with E-state index in [4.69, 9.17) is 4.74 Å². The monoisotopic (exact) mass is 336 g/mol. The van der Waals surface area contributed by atoms with E-state index in [0.29, 0.717) is 12.0 Å². The zero-order chi connectivity index (χ0) is 16.9. The molecule has 132 valence electrons. The van der Waals surface area contributed by atoms with Gasteiger partial charge in [-0.3, -0.25) is 0 Å². The summed E-state index contributed by atoms with van der Waals surface area (Å²) in [6, 6.07) is 22.1. The second-order valence-electron chi connectivity index (χ2n) is 7.26. The van der Waals surface area contributed by atoms with Crippen LogP contribution in [0.25, 0.3) is 0 Å². The van der Waals surface area contributed by atoms with Crippen LogP contribution < -0.4 is 10.2 Å². The molecule has 3 nitrogen and oxygen atoms in total. The highest BCUT2D eigenvalue weighted by Gasteiger charge is 2.30. The predicted molar refractivity (Wildman–Crippen MR) is 103 cm³/mol. The lowest BCUT2D eigenvalue weighted by Crippen LogP contribution is -2.44. The molecule has 25 heavy (non-hydrogen) atoms. The maximum absolute atomic E-state index is 6.02. The summed E-state index contributed by atoms with van der Waals surface area (Å²) in [6.45, 7) is 4.24. The first-order valence-corrected chi connectivity index (χ1v) is 9.60. The van der Waals surface area contributed by atoms with Gasteiger partial charge in [-0.2, -0.15) is 0 Å². The van der Waals surface area contributed by atoms with Crippen LogP contribution in [0.2, 0.25) is 0 Å². The first kappa shape index (κ1) is 16.6. The minimum Gasteiger partial charge on any atom is -0.373 e. The Morgan fingerprint density at radius 1 is 0.880 bits per heavy atom. The average Bonchev–Trinajstić information content (AvgIpc) is 3.17. The van der Waals surface area contributed by atoms with Gasteiger partial charge in [-0.25, -0.2) is 0 Å². The Balaban J connectivity index is 1.27. The van der Waals surface area contributed by atoms with Gasteiger partial charge in [-0.1, -0.05) is 48.5 Å². The maximum Gasteiger partial charge on any atom is 0.0866 e. The van der Waals surface area contributed by atoms with Gasteiger partial charge < -0.3 is 15.0 Å². The summed E-state index contributed by atoms with van der Waals surface area (Å²) in [5, 5.41) is 3.83. The molecular weight excluding hydrogens is 308 g/mol. The number of piperidine rings is 1. The van der Waals surface area contributed by atoms with Gasteiger partial charge in [-0.15, -0.1) is 0 Å². The van der Waals surface area contributed by atoms with Crippen LogP contribution in [-0.4, -0.2) is 32.3 Å². The first-order chi connectivity index (χ1) is 12.4. The molecule has 0 aliphatic carbocycles. The fraction of sp³-hybridized carbons (Fsp3) is 0.455. The Hall–Kier alpha value is -1.84. The number of nitrogens with zero attached hydrogens (tertiary/aromatic N) is 1. The van der Waals surface area contributed by atoms with Crippen molar-refractivity contribution in [1.29, 1.82) is 0 Å². The van der Waals surface area contributed by atoms with Crippen molar-refractivity contribution < 1.29 is 4.74 Å². The Morgan fingerprint density at radius 3 is 2.28 bits per heavy atom. The highest BCUT2D eigenvalue weighted by atomic mass is 16.5. The average molecular weight is 336 g/mol. The zero-order valence-corrected chi connectivity index (χ0v) is 14.8. The Labute approximate surface area is 151 Å². The molecule has 0 unspecified atom stereocenters. The molecule has 0 aromatic heterocycles. The number of para-hydroxylation sites is 1. The molecule has 1 N–H and O–H groups in total. The molecule has 0 spiro atoms. The van der Waals surface area contributed by atoms with Crippen LogP contribution in [0.15, 0.2) is 60.7 Å². The highest BCUT2D eigenvalue weighted by Crippen LogP contribution is 2.34. The third-order valence-electron chi connectivity index (χ3n) is 5.63. The fourth-order valence-corrected chi connectivity index (χ4v) is 4.15. The van der Waals surface area contributed by atoms with Crippen molar-refractivity contribution in [2.75, 3.05) is 31.1 Å². The van der Waals surface area contributed by atoms with Crippen molar-refractivity contribution in [1.82, 2.24) is 5.32 Å². The minimum atomic E-state index is 0.262. The van der Waals surface area contributed by atoms with Crippen molar-refractivity contribution in [3.05, 3.63) is 66.2 Å². The Bertz CT molecular complexity index is 638. The molecule has 2 aliphatic heterocycles. The molecule has 2 heterocycles. The van der Waals surface area contributed by atoms with Crippen LogP contribution in [0.4, 0.5) is 5.69 Å². The second-order valence-corrected chi connectivity index (χ2v) is 7.26. The number of hydrogen-bond donors (Lipinski definition) is 1. The van der Waals surface area contributed by atoms with E-state index in [2.05, 4.69) is 70.9 Å². The second kappa shape index (κ2) is 8.03. The van der Waals surface area contributed by atoms with Gasteiger partial charge >= 0.3 is 0 Å². The van der Waals surface area contributed by atoms with Gasteiger partial charge in [0.25, 0.3) is 0 Å². The van der Waals surface area contributed by atoms with E-state index in [9.17, 15) is 0 Å². The van der Waals surface area contributed by atoms with Crippen molar-refractivity contribution >= 4 is 5.69 Å². The highest BCUT2D eigenvalue weighted by molar-refractivity contribution is 5.46. The summed E-state index contributed by atoms with van der Waals surface area (Å²) in [5.41, 5.74) is 2.68. The molecule has 0 radical (unpaired) electrons. The van der Waals surface area contributed by atoms with Crippen molar-refractivity contribution in [3.8, 4) is 0 Å². The third-order valence-corrected chi connectivity index (χ3v) is 5.63. The van der Waals surface area contributed by atoms with Gasteiger partial charge in [0.2, 0.25) is 0 Å². The molecule has 2 fully saturated rings. The van der Waals surface area contributed by atoms with Crippen LogP contribution in [0.3, 0.4) is 0 Å². The largest absolute Gasteiger partial charge is 0.373 e. The summed E-state index contributed by atoms with van der Waals surface area (Å²) >= 11 is 0. The molecule has 2 saturated heterocycles. The quantitative estimate of drug-likeness (QED) is 0.892. The lowest BCUT2D eigenvalue weighted by Gasteiger charge is -2.34. The number of nitrogens with one attached hydrogen (secondary N) is 1. The normalized spacial score (nSPS) is 24.6. The van der Waals surface area contributed by atoms with Gasteiger partial charge in [0.05, 0.1) is 6.10 Å². The zero-order valence-electron chi connectivity index (χ0n) is 14.8. The smallest absolute Gasteiger partial charge is 0.0866 e. The fourth-order valence-electron chi connectivity index (χ4n) is 4.15. The van der Waals surface area contributed by atoms with Crippen molar-refractivity contribution in [2.24, 2.45) is 5.92 Å². The number of rotatable bonds is 5. The van der Waals surface area contributed by atoms with Crippen LogP contribution >= 0.6 is 0 Å². The molecule has 3 heteroatoms. The van der Waals surface area contributed by atoms with Crippen molar-refractivity contribution in [2.45, 2.75) is 31.4 Å². The van der Waals surface area contributed by atoms with Gasteiger partial charge in [0.15, 0.2) is 0 Å². The maximum atomic E-state index is 6.02. The summed E-state index contributed by atoms with van der Waals surface area (Å²) in [7, 11) is 0. The van der Waals surface area contributed by atoms with E-state index in [0.717, 1.165) is 32.7 Å². The summed E-state index contributed by atoms with van der Waals surface area (Å²) in [4.78, 5) is 2.50. The minimum absolute atomic E-state index is 0.262.